The van der Waals surface area contributed by atoms with Gasteiger partial charge in [0.05, 0.1) is 15.1 Å². The minimum Gasteiger partial charge on any atom is -0.321 e. The van der Waals surface area contributed by atoms with Gasteiger partial charge in [-0.25, -0.2) is 4.39 Å². The number of nitriles is 1. The lowest BCUT2D eigenvalue weighted by Crippen LogP contribution is -2.13. The predicted molar refractivity (Wildman–Crippen MR) is 90.1 cm³/mol. The molecule has 0 saturated heterocycles. The molecule has 0 saturated carbocycles. The van der Waals surface area contributed by atoms with Crippen molar-refractivity contribution in [2.45, 2.75) is 0 Å². The summed E-state index contributed by atoms with van der Waals surface area (Å²) >= 11 is 17.3. The Morgan fingerprint density at radius 3 is 2.43 bits per heavy atom. The van der Waals surface area contributed by atoms with Gasteiger partial charge in [-0.1, -0.05) is 40.9 Å². The topological polar surface area (TPSA) is 52.9 Å². The molecule has 1 amide bonds. The SMILES string of the molecule is N#C/C(=C\c1ccc(Cl)c(Cl)c1)C(=O)Nc1ccc(F)c(Cl)c1. The molecule has 7 heteroatoms. The summed E-state index contributed by atoms with van der Waals surface area (Å²) in [6, 6.07) is 10.2. The summed E-state index contributed by atoms with van der Waals surface area (Å²) in [7, 11) is 0. The van der Waals surface area contributed by atoms with E-state index in [1.54, 1.807) is 18.2 Å². The largest absolute Gasteiger partial charge is 0.321 e. The van der Waals surface area contributed by atoms with Gasteiger partial charge in [0.15, 0.2) is 0 Å². The average molecular weight is 370 g/mol. The lowest BCUT2D eigenvalue weighted by Gasteiger charge is -2.05. The van der Waals surface area contributed by atoms with Crippen LogP contribution in [0.2, 0.25) is 15.1 Å². The zero-order valence-corrected chi connectivity index (χ0v) is 13.7. The van der Waals surface area contributed by atoms with Crippen LogP contribution in [0.25, 0.3) is 6.08 Å². The molecule has 2 aromatic rings. The van der Waals surface area contributed by atoms with Crippen molar-refractivity contribution in [1.29, 1.82) is 5.26 Å². The van der Waals surface area contributed by atoms with Crippen LogP contribution in [0.5, 0.6) is 0 Å². The predicted octanol–water partition coefficient (Wildman–Crippen LogP) is 5.33. The third-order valence-electron chi connectivity index (χ3n) is 2.80. The summed E-state index contributed by atoms with van der Waals surface area (Å²) in [6.45, 7) is 0. The van der Waals surface area contributed by atoms with E-state index in [0.717, 1.165) is 6.07 Å². The molecule has 0 aliphatic heterocycles. The Kier molecular flexibility index (Phi) is 5.62. The molecule has 0 fully saturated rings. The molecule has 2 aromatic carbocycles. The molecule has 23 heavy (non-hydrogen) atoms. The van der Waals surface area contributed by atoms with E-state index in [1.165, 1.54) is 24.3 Å². The molecule has 0 heterocycles. The Morgan fingerprint density at radius 1 is 1.09 bits per heavy atom. The minimum atomic E-state index is -0.652. The van der Waals surface area contributed by atoms with Gasteiger partial charge in [0.25, 0.3) is 5.91 Å². The minimum absolute atomic E-state index is 0.130. The molecule has 1 N–H and O–H groups in total. The molecule has 0 atom stereocenters. The highest BCUT2D eigenvalue weighted by Gasteiger charge is 2.11. The molecule has 3 nitrogen and oxygen atoms in total. The van der Waals surface area contributed by atoms with Gasteiger partial charge in [0, 0.05) is 5.69 Å². The maximum Gasteiger partial charge on any atom is 0.266 e. The molecule has 0 unspecified atom stereocenters. The Labute approximate surface area is 146 Å². The maximum absolute atomic E-state index is 13.1. The second-order valence-corrected chi connectivity index (χ2v) is 5.65. The van der Waals surface area contributed by atoms with E-state index in [0.29, 0.717) is 15.6 Å². The second kappa shape index (κ2) is 7.47. The molecule has 0 bridgehead atoms. The van der Waals surface area contributed by atoms with E-state index in [4.69, 9.17) is 40.1 Å². The zero-order valence-electron chi connectivity index (χ0n) is 11.4. The van der Waals surface area contributed by atoms with Crippen molar-refractivity contribution in [3.05, 3.63) is 68.4 Å². The van der Waals surface area contributed by atoms with E-state index in [2.05, 4.69) is 5.32 Å². The van der Waals surface area contributed by atoms with Crippen LogP contribution in [-0.4, -0.2) is 5.91 Å². The molecule has 0 aromatic heterocycles. The average Bonchev–Trinajstić information content (AvgIpc) is 2.52. The third-order valence-corrected chi connectivity index (χ3v) is 3.83. The van der Waals surface area contributed by atoms with E-state index < -0.39 is 11.7 Å². The maximum atomic E-state index is 13.1. The summed E-state index contributed by atoms with van der Waals surface area (Å²) in [5.41, 5.74) is 0.670. The number of benzene rings is 2. The van der Waals surface area contributed by atoms with Crippen molar-refractivity contribution >= 4 is 52.5 Å². The van der Waals surface area contributed by atoms with Gasteiger partial charge in [-0.05, 0) is 42.0 Å². The lowest BCUT2D eigenvalue weighted by molar-refractivity contribution is -0.112. The highest BCUT2D eigenvalue weighted by Crippen LogP contribution is 2.24. The van der Waals surface area contributed by atoms with Gasteiger partial charge < -0.3 is 5.32 Å². The van der Waals surface area contributed by atoms with Crippen LogP contribution >= 0.6 is 34.8 Å². The Bertz CT molecular complexity index is 844. The van der Waals surface area contributed by atoms with Crippen molar-refractivity contribution in [3.8, 4) is 6.07 Å². The first-order valence-electron chi connectivity index (χ1n) is 6.24. The van der Waals surface area contributed by atoms with E-state index in [1.807, 2.05) is 0 Å². The number of nitrogens with zero attached hydrogens (tertiary/aromatic N) is 1. The molecule has 0 aliphatic carbocycles. The number of carbonyl (C=O) groups excluding carboxylic acids is 1. The summed E-state index contributed by atoms with van der Waals surface area (Å²) in [6.07, 6.45) is 1.36. The fraction of sp³-hybridized carbons (Fsp3) is 0. The normalized spacial score (nSPS) is 11.0. The summed E-state index contributed by atoms with van der Waals surface area (Å²) in [5, 5.41) is 12.1. The highest BCUT2D eigenvalue weighted by atomic mass is 35.5. The van der Waals surface area contributed by atoms with Crippen molar-refractivity contribution < 1.29 is 9.18 Å². The van der Waals surface area contributed by atoms with Crippen molar-refractivity contribution in [2.24, 2.45) is 0 Å². The van der Waals surface area contributed by atoms with Gasteiger partial charge in [0.1, 0.15) is 17.5 Å². The third kappa shape index (κ3) is 4.46. The van der Waals surface area contributed by atoms with Crippen LogP contribution in [0.4, 0.5) is 10.1 Å². The molecular weight excluding hydrogens is 362 g/mol. The van der Waals surface area contributed by atoms with Gasteiger partial charge in [0.2, 0.25) is 0 Å². The smallest absolute Gasteiger partial charge is 0.266 e. The van der Waals surface area contributed by atoms with E-state index in [9.17, 15) is 9.18 Å². The van der Waals surface area contributed by atoms with E-state index in [-0.39, 0.29) is 16.3 Å². The number of anilines is 1. The van der Waals surface area contributed by atoms with Crippen LogP contribution in [0, 0.1) is 17.1 Å². The van der Waals surface area contributed by atoms with Gasteiger partial charge in [-0.3, -0.25) is 4.79 Å². The first kappa shape index (κ1) is 17.3. The number of hydrogen-bond acceptors (Lipinski definition) is 2. The number of amides is 1. The summed E-state index contributed by atoms with van der Waals surface area (Å²) in [5.74, 6) is -1.25. The molecule has 2 rings (SSSR count). The quantitative estimate of drug-likeness (QED) is 0.587. The summed E-state index contributed by atoms with van der Waals surface area (Å²) < 4.78 is 13.1. The standard InChI is InChI=1S/C16H8Cl3FN2O/c17-12-3-1-9(6-13(12)18)5-10(8-21)16(23)22-11-2-4-15(20)14(19)7-11/h1-7H,(H,22,23)/b10-5+. The van der Waals surface area contributed by atoms with Crippen molar-refractivity contribution in [2.75, 3.05) is 5.32 Å². The first-order chi connectivity index (χ1) is 10.9. The van der Waals surface area contributed by atoms with Crippen molar-refractivity contribution in [1.82, 2.24) is 0 Å². The van der Waals surface area contributed by atoms with Gasteiger partial charge in [-0.2, -0.15) is 5.26 Å². The lowest BCUT2D eigenvalue weighted by atomic mass is 10.1. The second-order valence-electron chi connectivity index (χ2n) is 4.43. The number of rotatable bonds is 3. The number of carbonyl (C=O) groups is 1. The molecular formula is C16H8Cl3FN2O. The van der Waals surface area contributed by atoms with Crippen molar-refractivity contribution in [3.63, 3.8) is 0 Å². The molecule has 116 valence electrons. The molecule has 0 radical (unpaired) electrons. The first-order valence-corrected chi connectivity index (χ1v) is 7.37. The Hall–Kier alpha value is -2.06. The number of nitrogens with one attached hydrogen (secondary N) is 1. The Morgan fingerprint density at radius 2 is 1.83 bits per heavy atom. The Balaban J connectivity index is 2.24. The number of halogens is 4. The van der Waals surface area contributed by atoms with Gasteiger partial charge in [-0.15, -0.1) is 0 Å². The molecule has 0 aliphatic rings. The highest BCUT2D eigenvalue weighted by molar-refractivity contribution is 6.42. The number of hydrogen-bond donors (Lipinski definition) is 1. The van der Waals surface area contributed by atoms with Crippen LogP contribution in [0.1, 0.15) is 5.56 Å². The monoisotopic (exact) mass is 368 g/mol. The van der Waals surface area contributed by atoms with Crippen LogP contribution in [0.3, 0.4) is 0 Å². The van der Waals surface area contributed by atoms with Crippen LogP contribution < -0.4 is 5.32 Å². The van der Waals surface area contributed by atoms with Crippen LogP contribution in [0.15, 0.2) is 42.0 Å². The van der Waals surface area contributed by atoms with E-state index >= 15 is 0 Å². The van der Waals surface area contributed by atoms with Crippen LogP contribution in [-0.2, 0) is 4.79 Å². The molecule has 0 spiro atoms. The summed E-state index contributed by atoms with van der Waals surface area (Å²) in [4.78, 5) is 12.1. The zero-order chi connectivity index (χ0) is 17.0. The fourth-order valence-electron chi connectivity index (χ4n) is 1.69. The van der Waals surface area contributed by atoms with Gasteiger partial charge >= 0.3 is 0 Å². The fourth-order valence-corrected chi connectivity index (χ4v) is 2.18.